The third kappa shape index (κ3) is 3.11. The number of carbonyl (C=O) groups excluding carboxylic acids is 1. The van der Waals surface area contributed by atoms with Gasteiger partial charge in [-0.1, -0.05) is 0 Å². The van der Waals surface area contributed by atoms with Crippen LogP contribution >= 0.6 is 0 Å². The summed E-state index contributed by atoms with van der Waals surface area (Å²) >= 11 is 0. The van der Waals surface area contributed by atoms with Gasteiger partial charge in [-0.15, -0.1) is 0 Å². The third-order valence-electron chi connectivity index (χ3n) is 3.74. The van der Waals surface area contributed by atoms with Crippen molar-refractivity contribution in [3.63, 3.8) is 0 Å². The Kier molecular flexibility index (Phi) is 3.54. The van der Waals surface area contributed by atoms with Gasteiger partial charge in [-0.25, -0.2) is 4.79 Å². The van der Waals surface area contributed by atoms with Gasteiger partial charge in [0.05, 0.1) is 5.92 Å². The second-order valence-electron chi connectivity index (χ2n) is 5.20. The molecule has 0 bridgehead atoms. The Morgan fingerprint density at radius 3 is 2.65 bits per heavy atom. The summed E-state index contributed by atoms with van der Waals surface area (Å²) in [7, 11) is 0. The minimum absolute atomic E-state index is 0.102. The molecule has 2 aliphatic rings. The zero-order chi connectivity index (χ0) is 12.4. The van der Waals surface area contributed by atoms with E-state index >= 15 is 0 Å². The van der Waals surface area contributed by atoms with Crippen molar-refractivity contribution < 1.29 is 14.7 Å². The van der Waals surface area contributed by atoms with Crippen molar-refractivity contribution in [1.29, 1.82) is 0 Å². The molecule has 96 valence electrons. The van der Waals surface area contributed by atoms with Crippen molar-refractivity contribution in [2.24, 2.45) is 11.8 Å². The van der Waals surface area contributed by atoms with Crippen LogP contribution in [0.2, 0.25) is 0 Å². The van der Waals surface area contributed by atoms with Crippen LogP contribution in [0.25, 0.3) is 0 Å². The van der Waals surface area contributed by atoms with Gasteiger partial charge in [0.15, 0.2) is 0 Å². The zero-order valence-electron chi connectivity index (χ0n) is 10.2. The van der Waals surface area contributed by atoms with Crippen molar-refractivity contribution in [2.45, 2.75) is 38.6 Å². The largest absolute Gasteiger partial charge is 0.481 e. The van der Waals surface area contributed by atoms with Crippen LogP contribution in [0.1, 0.15) is 32.6 Å². The first-order valence-electron chi connectivity index (χ1n) is 6.36. The quantitative estimate of drug-likeness (QED) is 0.781. The SMILES string of the molecule is CC(NC(=O)N1CCC[C@@H](C(=O)O)C1)C1CC1. The summed E-state index contributed by atoms with van der Waals surface area (Å²) in [5.74, 6) is -0.567. The molecule has 1 saturated carbocycles. The first kappa shape index (κ1) is 12.2. The van der Waals surface area contributed by atoms with Crippen molar-refractivity contribution in [1.82, 2.24) is 10.2 Å². The van der Waals surface area contributed by atoms with Crippen LogP contribution < -0.4 is 5.32 Å². The number of urea groups is 1. The van der Waals surface area contributed by atoms with Crippen LogP contribution in [0.3, 0.4) is 0 Å². The van der Waals surface area contributed by atoms with Gasteiger partial charge in [-0.3, -0.25) is 4.79 Å². The Balaban J connectivity index is 1.83. The van der Waals surface area contributed by atoms with Crippen molar-refractivity contribution >= 4 is 12.0 Å². The number of nitrogens with zero attached hydrogens (tertiary/aromatic N) is 1. The molecule has 2 fully saturated rings. The van der Waals surface area contributed by atoms with E-state index in [4.69, 9.17) is 5.11 Å². The highest BCUT2D eigenvalue weighted by Crippen LogP contribution is 2.32. The lowest BCUT2D eigenvalue weighted by molar-refractivity contribution is -0.143. The van der Waals surface area contributed by atoms with Gasteiger partial charge in [0.25, 0.3) is 0 Å². The molecule has 0 aromatic heterocycles. The maximum Gasteiger partial charge on any atom is 0.317 e. The highest BCUT2D eigenvalue weighted by molar-refractivity contribution is 5.76. The second-order valence-corrected chi connectivity index (χ2v) is 5.20. The van der Waals surface area contributed by atoms with Gasteiger partial charge in [0.1, 0.15) is 0 Å². The number of carboxylic acid groups (broad SMARTS) is 1. The topological polar surface area (TPSA) is 69.6 Å². The summed E-state index contributed by atoms with van der Waals surface area (Å²) in [5.41, 5.74) is 0. The molecule has 0 radical (unpaired) electrons. The number of hydrogen-bond donors (Lipinski definition) is 2. The average Bonchev–Trinajstić information content (AvgIpc) is 3.12. The lowest BCUT2D eigenvalue weighted by Gasteiger charge is -2.31. The fourth-order valence-electron chi connectivity index (χ4n) is 2.36. The normalized spacial score (nSPS) is 26.4. The lowest BCUT2D eigenvalue weighted by atomic mass is 9.99. The number of carbonyl (C=O) groups is 2. The lowest BCUT2D eigenvalue weighted by Crippen LogP contribution is -2.49. The highest BCUT2D eigenvalue weighted by atomic mass is 16.4. The van der Waals surface area contributed by atoms with Gasteiger partial charge >= 0.3 is 12.0 Å². The van der Waals surface area contributed by atoms with E-state index in [1.165, 1.54) is 12.8 Å². The van der Waals surface area contributed by atoms with E-state index in [9.17, 15) is 9.59 Å². The molecule has 2 atom stereocenters. The van der Waals surface area contributed by atoms with Gasteiger partial charge in [-0.05, 0) is 38.5 Å². The zero-order valence-corrected chi connectivity index (χ0v) is 10.2. The fraction of sp³-hybridized carbons (Fsp3) is 0.833. The van der Waals surface area contributed by atoms with Crippen molar-refractivity contribution in [3.05, 3.63) is 0 Å². The molecule has 0 aromatic carbocycles. The molecule has 0 aromatic rings. The minimum atomic E-state index is -0.794. The second kappa shape index (κ2) is 4.94. The van der Waals surface area contributed by atoms with E-state index in [1.54, 1.807) is 4.90 Å². The first-order chi connectivity index (χ1) is 8.08. The summed E-state index contributed by atoms with van der Waals surface area (Å²) in [6.07, 6.45) is 3.85. The van der Waals surface area contributed by atoms with E-state index in [0.717, 1.165) is 6.42 Å². The van der Waals surface area contributed by atoms with Crippen LogP contribution in [0, 0.1) is 11.8 Å². The maximum absolute atomic E-state index is 11.9. The summed E-state index contributed by atoms with van der Waals surface area (Å²) in [6, 6.07) is 0.114. The summed E-state index contributed by atoms with van der Waals surface area (Å²) in [5, 5.41) is 11.9. The number of nitrogens with one attached hydrogen (secondary N) is 1. The Morgan fingerprint density at radius 1 is 1.35 bits per heavy atom. The minimum Gasteiger partial charge on any atom is -0.481 e. The van der Waals surface area contributed by atoms with Crippen LogP contribution in [0.4, 0.5) is 4.79 Å². The fourth-order valence-corrected chi connectivity index (χ4v) is 2.36. The third-order valence-corrected chi connectivity index (χ3v) is 3.74. The van der Waals surface area contributed by atoms with Crippen molar-refractivity contribution in [3.8, 4) is 0 Å². The number of aliphatic carboxylic acids is 1. The van der Waals surface area contributed by atoms with Crippen LogP contribution in [-0.2, 0) is 4.79 Å². The molecule has 0 spiro atoms. The van der Waals surface area contributed by atoms with E-state index in [2.05, 4.69) is 5.32 Å². The molecule has 5 nitrogen and oxygen atoms in total. The van der Waals surface area contributed by atoms with Gasteiger partial charge in [0, 0.05) is 19.1 Å². The molecular weight excluding hydrogens is 220 g/mol. The van der Waals surface area contributed by atoms with Crippen LogP contribution in [-0.4, -0.2) is 41.1 Å². The number of likely N-dealkylation sites (tertiary alicyclic amines) is 1. The highest BCUT2D eigenvalue weighted by Gasteiger charge is 2.32. The van der Waals surface area contributed by atoms with E-state index in [0.29, 0.717) is 25.4 Å². The molecule has 1 saturated heterocycles. The predicted octanol–water partition coefficient (Wildman–Crippen LogP) is 1.29. The van der Waals surface area contributed by atoms with Crippen LogP contribution in [0.5, 0.6) is 0 Å². The molecule has 1 unspecified atom stereocenters. The predicted molar refractivity (Wildman–Crippen MR) is 62.7 cm³/mol. The monoisotopic (exact) mass is 240 g/mol. The summed E-state index contributed by atoms with van der Waals surface area (Å²) in [6.45, 7) is 3.04. The molecule has 1 aliphatic heterocycles. The molecule has 1 aliphatic carbocycles. The molecule has 2 amide bonds. The molecule has 5 heteroatoms. The number of rotatable bonds is 3. The Morgan fingerprint density at radius 2 is 2.06 bits per heavy atom. The standard InChI is InChI=1S/C12H20N2O3/c1-8(9-4-5-9)13-12(17)14-6-2-3-10(7-14)11(15)16/h8-10H,2-7H2,1H3,(H,13,17)(H,15,16)/t8?,10-/m1/s1. The van der Waals surface area contributed by atoms with Gasteiger partial charge in [-0.2, -0.15) is 0 Å². The Hall–Kier alpha value is -1.26. The number of hydrogen-bond acceptors (Lipinski definition) is 2. The van der Waals surface area contributed by atoms with Gasteiger partial charge in [0.2, 0.25) is 0 Å². The molecule has 1 heterocycles. The first-order valence-corrected chi connectivity index (χ1v) is 6.36. The van der Waals surface area contributed by atoms with E-state index < -0.39 is 11.9 Å². The molecule has 2 rings (SSSR count). The Labute approximate surface area is 101 Å². The molecular formula is C12H20N2O3. The molecule has 17 heavy (non-hydrogen) atoms. The molecule has 2 N–H and O–H groups in total. The maximum atomic E-state index is 11.9. The summed E-state index contributed by atoms with van der Waals surface area (Å²) < 4.78 is 0. The average molecular weight is 240 g/mol. The Bertz CT molecular complexity index is 315. The number of carboxylic acids is 1. The number of piperidine rings is 1. The summed E-state index contributed by atoms with van der Waals surface area (Å²) in [4.78, 5) is 24.5. The smallest absolute Gasteiger partial charge is 0.317 e. The van der Waals surface area contributed by atoms with Crippen molar-refractivity contribution in [2.75, 3.05) is 13.1 Å². The van der Waals surface area contributed by atoms with Crippen LogP contribution in [0.15, 0.2) is 0 Å². The number of amides is 2. The van der Waals surface area contributed by atoms with E-state index in [1.807, 2.05) is 6.92 Å². The van der Waals surface area contributed by atoms with E-state index in [-0.39, 0.29) is 12.1 Å². The van der Waals surface area contributed by atoms with Gasteiger partial charge < -0.3 is 15.3 Å².